The number of hydrogen-bond acceptors (Lipinski definition) is 5. The summed E-state index contributed by atoms with van der Waals surface area (Å²) in [7, 11) is 1.90. The maximum atomic E-state index is 12.4. The number of morpholine rings is 1. The smallest absolute Gasteiger partial charge is 0.249 e. The van der Waals surface area contributed by atoms with Gasteiger partial charge in [0.25, 0.3) is 0 Å². The molecule has 2 atom stereocenters. The number of benzene rings is 1. The van der Waals surface area contributed by atoms with Crippen LogP contribution in [0.1, 0.15) is 17.7 Å². The van der Waals surface area contributed by atoms with Gasteiger partial charge in [0.05, 0.1) is 11.2 Å². The van der Waals surface area contributed by atoms with E-state index in [4.69, 9.17) is 4.74 Å². The summed E-state index contributed by atoms with van der Waals surface area (Å²) >= 11 is 0. The SMILES string of the molecule is Cc1ccc(N2CC[C@]3(c4ccccc4)[C@@H](C2)OCC(=O)N3C)nn1. The summed E-state index contributed by atoms with van der Waals surface area (Å²) < 4.78 is 6.02. The molecule has 0 spiro atoms. The molecule has 0 radical (unpaired) electrons. The first-order valence-corrected chi connectivity index (χ1v) is 8.60. The zero-order valence-electron chi connectivity index (χ0n) is 14.6. The molecular weight excluding hydrogens is 316 g/mol. The zero-order valence-corrected chi connectivity index (χ0v) is 14.6. The molecule has 1 aromatic carbocycles. The largest absolute Gasteiger partial charge is 0.364 e. The number of aromatic nitrogens is 2. The number of ether oxygens (including phenoxy) is 1. The van der Waals surface area contributed by atoms with E-state index in [2.05, 4.69) is 27.2 Å². The van der Waals surface area contributed by atoms with Gasteiger partial charge in [0, 0.05) is 20.1 Å². The van der Waals surface area contributed by atoms with Gasteiger partial charge < -0.3 is 14.5 Å². The topological polar surface area (TPSA) is 58.6 Å². The summed E-state index contributed by atoms with van der Waals surface area (Å²) in [6.07, 6.45) is 0.689. The number of amides is 1. The lowest BCUT2D eigenvalue weighted by Crippen LogP contribution is -2.67. The second-order valence-electron chi connectivity index (χ2n) is 6.77. The highest BCUT2D eigenvalue weighted by Crippen LogP contribution is 2.42. The fraction of sp³-hybridized carbons (Fsp3) is 0.421. The molecule has 0 N–H and O–H groups in total. The number of anilines is 1. The Hall–Kier alpha value is -2.47. The van der Waals surface area contributed by atoms with Crippen molar-refractivity contribution in [2.45, 2.75) is 25.0 Å². The van der Waals surface area contributed by atoms with Gasteiger partial charge in [-0.25, -0.2) is 0 Å². The fourth-order valence-electron chi connectivity index (χ4n) is 3.99. The lowest BCUT2D eigenvalue weighted by Gasteiger charge is -2.55. The van der Waals surface area contributed by atoms with Crippen LogP contribution in [0, 0.1) is 6.92 Å². The Morgan fingerprint density at radius 1 is 1.16 bits per heavy atom. The van der Waals surface area contributed by atoms with Gasteiger partial charge in [-0.2, -0.15) is 5.10 Å². The lowest BCUT2D eigenvalue weighted by molar-refractivity contribution is -0.173. The molecular formula is C19H22N4O2. The Morgan fingerprint density at radius 2 is 1.96 bits per heavy atom. The highest BCUT2D eigenvalue weighted by molar-refractivity contribution is 5.79. The third-order valence-electron chi connectivity index (χ3n) is 5.44. The summed E-state index contributed by atoms with van der Waals surface area (Å²) in [5, 5.41) is 8.47. The van der Waals surface area contributed by atoms with Crippen molar-refractivity contribution < 1.29 is 9.53 Å². The van der Waals surface area contributed by atoms with Crippen molar-refractivity contribution in [1.82, 2.24) is 15.1 Å². The molecule has 2 aliphatic heterocycles. The summed E-state index contributed by atoms with van der Waals surface area (Å²) in [5.41, 5.74) is 1.61. The summed E-state index contributed by atoms with van der Waals surface area (Å²) in [6, 6.07) is 14.2. The molecule has 0 saturated carbocycles. The Labute approximate surface area is 147 Å². The van der Waals surface area contributed by atoms with Gasteiger partial charge in [-0.15, -0.1) is 5.10 Å². The minimum atomic E-state index is -0.425. The number of carbonyl (C=O) groups is 1. The van der Waals surface area contributed by atoms with Crippen LogP contribution in [0.2, 0.25) is 0 Å². The first-order chi connectivity index (χ1) is 12.1. The summed E-state index contributed by atoms with van der Waals surface area (Å²) in [6.45, 7) is 3.54. The molecule has 4 rings (SSSR count). The van der Waals surface area contributed by atoms with E-state index in [9.17, 15) is 4.79 Å². The molecule has 6 nitrogen and oxygen atoms in total. The van der Waals surface area contributed by atoms with Crippen LogP contribution in [-0.4, -0.2) is 53.9 Å². The molecule has 2 aromatic rings. The van der Waals surface area contributed by atoms with Crippen LogP contribution in [0.15, 0.2) is 42.5 Å². The predicted molar refractivity (Wildman–Crippen MR) is 94.2 cm³/mol. The first-order valence-electron chi connectivity index (χ1n) is 8.60. The third-order valence-corrected chi connectivity index (χ3v) is 5.44. The molecule has 2 aliphatic rings. The van der Waals surface area contributed by atoms with E-state index in [0.717, 1.165) is 30.0 Å². The number of rotatable bonds is 2. The first kappa shape index (κ1) is 16.0. The van der Waals surface area contributed by atoms with Crippen LogP contribution < -0.4 is 4.90 Å². The molecule has 2 saturated heterocycles. The molecule has 0 bridgehead atoms. The normalized spacial score (nSPS) is 26.5. The maximum Gasteiger partial charge on any atom is 0.249 e. The van der Waals surface area contributed by atoms with E-state index < -0.39 is 5.54 Å². The molecule has 2 fully saturated rings. The molecule has 1 amide bonds. The van der Waals surface area contributed by atoms with Gasteiger partial charge in [-0.05, 0) is 31.0 Å². The minimum absolute atomic E-state index is 0.0312. The highest BCUT2D eigenvalue weighted by Gasteiger charge is 2.52. The van der Waals surface area contributed by atoms with E-state index in [1.54, 1.807) is 0 Å². The quantitative estimate of drug-likeness (QED) is 0.835. The van der Waals surface area contributed by atoms with Crippen LogP contribution in [0.5, 0.6) is 0 Å². The van der Waals surface area contributed by atoms with Gasteiger partial charge >= 0.3 is 0 Å². The Bertz CT molecular complexity index is 765. The number of fused-ring (bicyclic) bond motifs is 1. The number of piperidine rings is 1. The summed E-state index contributed by atoms with van der Waals surface area (Å²) in [4.78, 5) is 16.5. The Balaban J connectivity index is 1.69. The second-order valence-corrected chi connectivity index (χ2v) is 6.77. The average molecular weight is 338 g/mol. The van der Waals surface area contributed by atoms with Crippen LogP contribution in [0.4, 0.5) is 5.82 Å². The third kappa shape index (κ3) is 2.57. The van der Waals surface area contributed by atoms with Gasteiger partial charge in [-0.1, -0.05) is 30.3 Å². The lowest BCUT2D eigenvalue weighted by atomic mass is 9.76. The van der Waals surface area contributed by atoms with Crippen molar-refractivity contribution in [3.05, 3.63) is 53.7 Å². The average Bonchev–Trinajstić information content (AvgIpc) is 2.66. The maximum absolute atomic E-state index is 12.4. The van der Waals surface area contributed by atoms with Crippen molar-refractivity contribution in [2.24, 2.45) is 0 Å². The van der Waals surface area contributed by atoms with Crippen LogP contribution >= 0.6 is 0 Å². The van der Waals surface area contributed by atoms with E-state index in [-0.39, 0.29) is 18.6 Å². The molecule has 3 heterocycles. The summed E-state index contributed by atoms with van der Waals surface area (Å²) in [5.74, 6) is 0.888. The molecule has 6 heteroatoms. The van der Waals surface area contributed by atoms with Crippen LogP contribution in [0.3, 0.4) is 0 Å². The Kier molecular flexibility index (Phi) is 3.92. The fourth-order valence-corrected chi connectivity index (χ4v) is 3.99. The van der Waals surface area contributed by atoms with Crippen molar-refractivity contribution in [3.8, 4) is 0 Å². The van der Waals surface area contributed by atoms with Crippen molar-refractivity contribution in [3.63, 3.8) is 0 Å². The molecule has 1 aromatic heterocycles. The zero-order chi connectivity index (χ0) is 17.4. The van der Waals surface area contributed by atoms with Gasteiger partial charge in [0.1, 0.15) is 12.7 Å². The standard InChI is InChI=1S/C19H22N4O2/c1-14-8-9-17(21-20-14)23-11-10-19(15-6-4-3-5-7-15)16(12-23)25-13-18(24)22(19)2/h3-9,16H,10-13H2,1-2H3/t16-,19+/m1/s1. The van der Waals surface area contributed by atoms with Crippen LogP contribution in [0.25, 0.3) is 0 Å². The minimum Gasteiger partial charge on any atom is -0.364 e. The number of carbonyl (C=O) groups excluding carboxylic acids is 1. The molecule has 130 valence electrons. The monoisotopic (exact) mass is 338 g/mol. The molecule has 25 heavy (non-hydrogen) atoms. The van der Waals surface area contributed by atoms with E-state index >= 15 is 0 Å². The van der Waals surface area contributed by atoms with Gasteiger partial charge in [-0.3, -0.25) is 4.79 Å². The van der Waals surface area contributed by atoms with E-state index in [0.29, 0.717) is 6.54 Å². The van der Waals surface area contributed by atoms with Crippen molar-refractivity contribution in [2.75, 3.05) is 31.6 Å². The van der Waals surface area contributed by atoms with Gasteiger partial charge in [0.2, 0.25) is 5.91 Å². The van der Waals surface area contributed by atoms with Crippen LogP contribution in [-0.2, 0) is 15.1 Å². The number of aryl methyl sites for hydroxylation is 1. The Morgan fingerprint density at radius 3 is 2.68 bits per heavy atom. The molecule has 0 aliphatic carbocycles. The van der Waals surface area contributed by atoms with Crippen molar-refractivity contribution >= 4 is 11.7 Å². The highest BCUT2D eigenvalue weighted by atomic mass is 16.5. The second kappa shape index (κ2) is 6.11. The van der Waals surface area contributed by atoms with Gasteiger partial charge in [0.15, 0.2) is 5.82 Å². The van der Waals surface area contributed by atoms with E-state index in [1.807, 2.05) is 49.2 Å². The number of hydrogen-bond donors (Lipinski definition) is 0. The number of nitrogens with zero attached hydrogens (tertiary/aromatic N) is 4. The predicted octanol–water partition coefficient (Wildman–Crippen LogP) is 1.75. The molecule has 0 unspecified atom stereocenters. The van der Waals surface area contributed by atoms with Crippen molar-refractivity contribution in [1.29, 1.82) is 0 Å². The van der Waals surface area contributed by atoms with E-state index in [1.165, 1.54) is 0 Å². The number of likely N-dealkylation sites (N-methyl/N-ethyl adjacent to an activating group) is 1.